The molecule has 0 radical (unpaired) electrons. The Morgan fingerprint density at radius 1 is 1.21 bits per heavy atom. The van der Waals surface area contributed by atoms with E-state index < -0.39 is 11.1 Å². The van der Waals surface area contributed by atoms with E-state index in [1.807, 2.05) is 19.1 Å². The predicted molar refractivity (Wildman–Crippen MR) is 73.9 cm³/mol. The molecule has 2 aromatic rings. The normalized spacial score (nSPS) is 12.2. The van der Waals surface area contributed by atoms with E-state index in [0.29, 0.717) is 11.3 Å². The number of aryl methyl sites for hydroxylation is 1. The van der Waals surface area contributed by atoms with Crippen LogP contribution in [0.4, 0.5) is 0 Å². The van der Waals surface area contributed by atoms with Crippen molar-refractivity contribution >= 4 is 11.1 Å². The minimum Gasteiger partial charge on any atom is -0.507 e. The summed E-state index contributed by atoms with van der Waals surface area (Å²) >= 11 is -2.11. The zero-order chi connectivity index (χ0) is 14.0. The largest absolute Gasteiger partial charge is 0.507 e. The first-order valence-corrected chi connectivity index (χ1v) is 6.73. The summed E-state index contributed by atoms with van der Waals surface area (Å²) in [5.41, 5.74) is 2.30. The van der Waals surface area contributed by atoms with Crippen molar-refractivity contribution in [3.8, 4) is 22.6 Å². The Hall–Kier alpha value is -1.85. The van der Waals surface area contributed by atoms with E-state index in [9.17, 15) is 9.32 Å². The molecular formula is C14H14O4S. The second-order valence-electron chi connectivity index (χ2n) is 4.08. The summed E-state index contributed by atoms with van der Waals surface area (Å²) in [5, 5.41) is 10.0. The van der Waals surface area contributed by atoms with Crippen LogP contribution in [0.25, 0.3) is 11.1 Å². The van der Waals surface area contributed by atoms with Crippen LogP contribution in [0, 0.1) is 6.92 Å². The lowest BCUT2D eigenvalue weighted by Crippen LogP contribution is -1.93. The minimum atomic E-state index is -2.11. The lowest BCUT2D eigenvalue weighted by atomic mass is 9.98. The molecule has 5 heteroatoms. The number of hydrogen-bond acceptors (Lipinski definition) is 3. The highest BCUT2D eigenvalue weighted by Crippen LogP contribution is 2.38. The van der Waals surface area contributed by atoms with E-state index in [-0.39, 0.29) is 10.6 Å². The van der Waals surface area contributed by atoms with Gasteiger partial charge in [-0.25, -0.2) is 4.21 Å². The lowest BCUT2D eigenvalue weighted by molar-refractivity contribution is 0.415. The third kappa shape index (κ3) is 2.62. The number of benzene rings is 2. The Morgan fingerprint density at radius 3 is 2.53 bits per heavy atom. The first-order valence-electron chi connectivity index (χ1n) is 5.62. The van der Waals surface area contributed by atoms with Gasteiger partial charge in [0.05, 0.1) is 12.0 Å². The van der Waals surface area contributed by atoms with E-state index in [4.69, 9.17) is 9.29 Å². The molecule has 0 saturated heterocycles. The Morgan fingerprint density at radius 2 is 1.95 bits per heavy atom. The predicted octanol–water partition coefficient (Wildman–Crippen LogP) is 2.96. The summed E-state index contributed by atoms with van der Waals surface area (Å²) in [6, 6.07) is 10.00. The molecule has 1 unspecified atom stereocenters. The van der Waals surface area contributed by atoms with Crippen molar-refractivity contribution in [2.75, 3.05) is 7.11 Å². The minimum absolute atomic E-state index is 0.0486. The van der Waals surface area contributed by atoms with Crippen molar-refractivity contribution in [3.05, 3.63) is 42.0 Å². The first kappa shape index (κ1) is 13.6. The molecule has 0 saturated carbocycles. The molecule has 2 rings (SSSR count). The number of aromatic hydroxyl groups is 1. The molecule has 2 N–H and O–H groups in total. The maximum absolute atomic E-state index is 11.0. The van der Waals surface area contributed by atoms with Crippen molar-refractivity contribution in [2.24, 2.45) is 0 Å². The molecule has 19 heavy (non-hydrogen) atoms. The molecule has 1 atom stereocenters. The van der Waals surface area contributed by atoms with Gasteiger partial charge in [0.2, 0.25) is 0 Å². The molecule has 100 valence electrons. The summed E-state index contributed by atoms with van der Waals surface area (Å²) in [7, 11) is 1.56. The van der Waals surface area contributed by atoms with Crippen molar-refractivity contribution < 1.29 is 18.6 Å². The molecule has 0 bridgehead atoms. The van der Waals surface area contributed by atoms with Crippen LogP contribution in [0.3, 0.4) is 0 Å². The molecular weight excluding hydrogens is 264 g/mol. The van der Waals surface area contributed by atoms with Crippen LogP contribution in [0.2, 0.25) is 0 Å². The van der Waals surface area contributed by atoms with Gasteiger partial charge in [-0.1, -0.05) is 12.1 Å². The highest BCUT2D eigenvalue weighted by atomic mass is 32.2. The zero-order valence-electron chi connectivity index (χ0n) is 10.6. The molecule has 0 spiro atoms. The Labute approximate surface area is 114 Å². The van der Waals surface area contributed by atoms with Gasteiger partial charge in [0.1, 0.15) is 11.5 Å². The molecule has 0 heterocycles. The summed E-state index contributed by atoms with van der Waals surface area (Å²) in [6.45, 7) is 1.91. The molecule has 2 aromatic carbocycles. The van der Waals surface area contributed by atoms with Crippen molar-refractivity contribution in [2.45, 2.75) is 11.8 Å². The van der Waals surface area contributed by atoms with Gasteiger partial charge in [0.15, 0.2) is 11.1 Å². The monoisotopic (exact) mass is 278 g/mol. The summed E-state index contributed by atoms with van der Waals surface area (Å²) in [4.78, 5) is 0.161. The Balaban J connectivity index is 2.63. The summed E-state index contributed by atoms with van der Waals surface area (Å²) in [5.74, 6) is 0.598. The number of hydrogen-bond donors (Lipinski definition) is 2. The molecule has 0 aliphatic carbocycles. The maximum Gasteiger partial charge on any atom is 0.186 e. The molecule has 0 aromatic heterocycles. The number of ether oxygens (including phenoxy) is 1. The van der Waals surface area contributed by atoms with Gasteiger partial charge in [-0.15, -0.1) is 0 Å². The molecule has 0 aliphatic heterocycles. The smallest absolute Gasteiger partial charge is 0.186 e. The maximum atomic E-state index is 11.0. The van der Waals surface area contributed by atoms with Gasteiger partial charge in [-0.2, -0.15) is 0 Å². The summed E-state index contributed by atoms with van der Waals surface area (Å²) < 4.78 is 25.3. The van der Waals surface area contributed by atoms with Crippen molar-refractivity contribution in [1.29, 1.82) is 0 Å². The standard InChI is InChI=1S/C14H14O4S/c1-9-4-3-5-13(18-2)14(9)11-7-6-10(19(16)17)8-12(11)15/h3-8,15H,1-2H3,(H,16,17). The zero-order valence-corrected chi connectivity index (χ0v) is 11.4. The van der Waals surface area contributed by atoms with E-state index in [1.165, 1.54) is 12.1 Å². The fraction of sp³-hybridized carbons (Fsp3) is 0.143. The van der Waals surface area contributed by atoms with E-state index in [2.05, 4.69) is 0 Å². The van der Waals surface area contributed by atoms with Gasteiger partial charge in [-0.05, 0) is 36.8 Å². The second kappa shape index (κ2) is 5.42. The second-order valence-corrected chi connectivity index (χ2v) is 5.05. The average Bonchev–Trinajstić information content (AvgIpc) is 2.38. The lowest BCUT2D eigenvalue weighted by Gasteiger charge is -2.13. The molecule has 0 amide bonds. The van der Waals surface area contributed by atoms with Crippen LogP contribution in [-0.4, -0.2) is 21.0 Å². The average molecular weight is 278 g/mol. The highest BCUT2D eigenvalue weighted by Gasteiger charge is 2.14. The van der Waals surface area contributed by atoms with Gasteiger partial charge in [0, 0.05) is 11.1 Å². The third-order valence-electron chi connectivity index (χ3n) is 2.89. The van der Waals surface area contributed by atoms with Crippen molar-refractivity contribution in [1.82, 2.24) is 0 Å². The van der Waals surface area contributed by atoms with E-state index in [0.717, 1.165) is 11.1 Å². The highest BCUT2D eigenvalue weighted by molar-refractivity contribution is 7.79. The van der Waals surface area contributed by atoms with Crippen LogP contribution < -0.4 is 4.74 Å². The quantitative estimate of drug-likeness (QED) is 0.847. The van der Waals surface area contributed by atoms with Gasteiger partial charge in [0.25, 0.3) is 0 Å². The third-order valence-corrected chi connectivity index (χ3v) is 3.55. The number of rotatable bonds is 3. The van der Waals surface area contributed by atoms with Gasteiger partial charge in [-0.3, -0.25) is 0 Å². The van der Waals surface area contributed by atoms with Crippen LogP contribution >= 0.6 is 0 Å². The fourth-order valence-corrected chi connectivity index (χ4v) is 2.38. The van der Waals surface area contributed by atoms with E-state index in [1.54, 1.807) is 19.2 Å². The van der Waals surface area contributed by atoms with E-state index >= 15 is 0 Å². The fourth-order valence-electron chi connectivity index (χ4n) is 1.99. The number of phenols is 1. The molecule has 0 fully saturated rings. The molecule has 0 aliphatic rings. The van der Waals surface area contributed by atoms with Crippen LogP contribution in [-0.2, 0) is 11.1 Å². The topological polar surface area (TPSA) is 66.8 Å². The van der Waals surface area contributed by atoms with Crippen LogP contribution in [0.5, 0.6) is 11.5 Å². The van der Waals surface area contributed by atoms with Gasteiger partial charge >= 0.3 is 0 Å². The van der Waals surface area contributed by atoms with Crippen LogP contribution in [0.1, 0.15) is 5.56 Å². The SMILES string of the molecule is COc1cccc(C)c1-c1ccc(S(=O)O)cc1O. The van der Waals surface area contributed by atoms with Crippen LogP contribution in [0.15, 0.2) is 41.3 Å². The number of phenolic OH excluding ortho intramolecular Hbond substituents is 1. The molecule has 4 nitrogen and oxygen atoms in total. The van der Waals surface area contributed by atoms with Crippen molar-refractivity contribution in [3.63, 3.8) is 0 Å². The number of methoxy groups -OCH3 is 1. The Bertz CT molecular complexity index is 637. The first-order chi connectivity index (χ1) is 9.04. The van der Waals surface area contributed by atoms with Gasteiger partial charge < -0.3 is 14.4 Å². The Kier molecular flexibility index (Phi) is 3.87. The summed E-state index contributed by atoms with van der Waals surface area (Å²) in [6.07, 6.45) is 0.